The van der Waals surface area contributed by atoms with Gasteiger partial charge in [0.15, 0.2) is 0 Å². The summed E-state index contributed by atoms with van der Waals surface area (Å²) in [6.07, 6.45) is 2.38. The molecule has 2 fully saturated rings. The molecule has 1 unspecified atom stereocenters. The number of carbonyl (C=O) groups excluding carboxylic acids is 3. The van der Waals surface area contributed by atoms with Crippen molar-refractivity contribution in [1.82, 2.24) is 15.5 Å². The van der Waals surface area contributed by atoms with Crippen LogP contribution >= 0.6 is 0 Å². The molecule has 3 heterocycles. The van der Waals surface area contributed by atoms with Crippen molar-refractivity contribution in [2.45, 2.75) is 44.2 Å². The second kappa shape index (κ2) is 6.22. The van der Waals surface area contributed by atoms with Crippen molar-refractivity contribution in [3.05, 3.63) is 34.6 Å². The molecule has 3 aliphatic heterocycles. The fourth-order valence-electron chi connectivity index (χ4n) is 4.17. The van der Waals surface area contributed by atoms with Gasteiger partial charge in [0, 0.05) is 13.0 Å². The van der Waals surface area contributed by atoms with Crippen molar-refractivity contribution >= 4 is 17.7 Å². The van der Waals surface area contributed by atoms with Crippen molar-refractivity contribution in [1.29, 1.82) is 0 Å². The number of imide groups is 1. The maximum Gasteiger partial charge on any atom is 0.258 e. The fourth-order valence-corrected chi connectivity index (χ4v) is 4.17. The zero-order chi connectivity index (χ0) is 17.6. The maximum atomic E-state index is 14.4. The molecule has 1 aromatic rings. The molecular weight excluding hydrogens is 325 g/mol. The Morgan fingerprint density at radius 2 is 1.84 bits per heavy atom. The molecule has 0 saturated carbocycles. The first kappa shape index (κ1) is 16.2. The lowest BCUT2D eigenvalue weighted by Crippen LogP contribution is -2.52. The van der Waals surface area contributed by atoms with E-state index in [9.17, 15) is 18.8 Å². The van der Waals surface area contributed by atoms with Crippen LogP contribution < -0.4 is 10.6 Å². The maximum absolute atomic E-state index is 14.4. The average Bonchev–Trinajstić information content (AvgIpc) is 2.94. The number of hydrogen-bond donors (Lipinski definition) is 2. The lowest BCUT2D eigenvalue weighted by atomic mass is 9.86. The molecule has 7 heteroatoms. The molecule has 1 atom stereocenters. The van der Waals surface area contributed by atoms with Gasteiger partial charge in [0.25, 0.3) is 5.91 Å². The third-order valence-electron chi connectivity index (χ3n) is 5.47. The summed E-state index contributed by atoms with van der Waals surface area (Å²) in [5, 5.41) is 5.58. The van der Waals surface area contributed by atoms with E-state index in [1.807, 2.05) is 0 Å². The van der Waals surface area contributed by atoms with Crippen LogP contribution in [0.1, 0.15) is 53.1 Å². The van der Waals surface area contributed by atoms with Gasteiger partial charge < -0.3 is 10.2 Å². The standard InChI is InChI=1S/C18H20FN3O3/c19-13-2-1-11(10-5-7-20-8-6-10)12-9-22(18(25)16(12)13)14-3-4-15(23)21-17(14)24/h1-2,10,14,20H,3-9H2,(H,21,23,24). The van der Waals surface area contributed by atoms with Crippen LogP contribution in [0.15, 0.2) is 12.1 Å². The van der Waals surface area contributed by atoms with Crippen LogP contribution in [0.3, 0.4) is 0 Å². The third kappa shape index (κ3) is 2.72. The van der Waals surface area contributed by atoms with Gasteiger partial charge in [0.05, 0.1) is 5.56 Å². The van der Waals surface area contributed by atoms with Gasteiger partial charge in [-0.1, -0.05) is 6.07 Å². The van der Waals surface area contributed by atoms with Crippen molar-refractivity contribution in [3.8, 4) is 0 Å². The Bertz CT molecular complexity index is 758. The molecule has 4 rings (SSSR count). The first-order chi connectivity index (χ1) is 12.1. The number of carbonyl (C=O) groups is 3. The number of nitrogens with zero attached hydrogens (tertiary/aromatic N) is 1. The highest BCUT2D eigenvalue weighted by molar-refractivity contribution is 6.05. The molecule has 2 N–H and O–H groups in total. The van der Waals surface area contributed by atoms with E-state index in [4.69, 9.17) is 0 Å². The van der Waals surface area contributed by atoms with Crippen molar-refractivity contribution in [2.75, 3.05) is 13.1 Å². The van der Waals surface area contributed by atoms with E-state index in [0.717, 1.165) is 31.5 Å². The predicted octanol–water partition coefficient (Wildman–Crippen LogP) is 1.05. The molecule has 1 aromatic carbocycles. The van der Waals surface area contributed by atoms with E-state index >= 15 is 0 Å². The van der Waals surface area contributed by atoms with Crippen LogP contribution in [0, 0.1) is 5.82 Å². The van der Waals surface area contributed by atoms with E-state index in [-0.39, 0.29) is 30.9 Å². The van der Waals surface area contributed by atoms with Crippen LogP contribution in [-0.4, -0.2) is 41.8 Å². The van der Waals surface area contributed by atoms with Gasteiger partial charge in [-0.15, -0.1) is 0 Å². The number of fused-ring (bicyclic) bond motifs is 1. The van der Waals surface area contributed by atoms with Crippen molar-refractivity contribution < 1.29 is 18.8 Å². The molecule has 6 nitrogen and oxygen atoms in total. The normalized spacial score (nSPS) is 24.4. The number of rotatable bonds is 2. The molecule has 25 heavy (non-hydrogen) atoms. The SMILES string of the molecule is O=C1CCC(N2Cc3c(C4CCNCC4)ccc(F)c3C2=O)C(=O)N1. The largest absolute Gasteiger partial charge is 0.322 e. The zero-order valence-electron chi connectivity index (χ0n) is 13.8. The Labute approximate surface area is 144 Å². The van der Waals surface area contributed by atoms with Gasteiger partial charge in [-0.05, 0) is 55.5 Å². The monoisotopic (exact) mass is 345 g/mol. The van der Waals surface area contributed by atoms with Gasteiger partial charge >= 0.3 is 0 Å². The highest BCUT2D eigenvalue weighted by Gasteiger charge is 2.41. The number of benzene rings is 1. The van der Waals surface area contributed by atoms with E-state index in [0.29, 0.717) is 11.5 Å². The summed E-state index contributed by atoms with van der Waals surface area (Å²) < 4.78 is 14.4. The Kier molecular flexibility index (Phi) is 4.03. The lowest BCUT2D eigenvalue weighted by molar-refractivity contribution is -0.136. The number of piperidine rings is 2. The predicted molar refractivity (Wildman–Crippen MR) is 87.3 cm³/mol. The van der Waals surface area contributed by atoms with Crippen LogP contribution in [0.25, 0.3) is 0 Å². The molecule has 0 radical (unpaired) electrons. The van der Waals surface area contributed by atoms with Gasteiger partial charge in [-0.3, -0.25) is 19.7 Å². The molecule has 3 amide bonds. The first-order valence-corrected chi connectivity index (χ1v) is 8.73. The molecule has 3 aliphatic rings. The Hall–Kier alpha value is -2.28. The van der Waals surface area contributed by atoms with Crippen LogP contribution in [0.4, 0.5) is 4.39 Å². The van der Waals surface area contributed by atoms with Crippen molar-refractivity contribution in [3.63, 3.8) is 0 Å². The minimum Gasteiger partial charge on any atom is -0.322 e. The highest BCUT2D eigenvalue weighted by atomic mass is 19.1. The summed E-state index contributed by atoms with van der Waals surface area (Å²) >= 11 is 0. The van der Waals surface area contributed by atoms with Crippen LogP contribution in [0.2, 0.25) is 0 Å². The van der Waals surface area contributed by atoms with E-state index in [1.54, 1.807) is 6.07 Å². The first-order valence-electron chi connectivity index (χ1n) is 8.73. The second-order valence-corrected chi connectivity index (χ2v) is 6.91. The lowest BCUT2D eigenvalue weighted by Gasteiger charge is -2.29. The molecule has 2 saturated heterocycles. The summed E-state index contributed by atoms with van der Waals surface area (Å²) in [5.41, 5.74) is 1.82. The zero-order valence-corrected chi connectivity index (χ0v) is 13.8. The minimum absolute atomic E-state index is 0.0979. The Morgan fingerprint density at radius 3 is 2.56 bits per heavy atom. The third-order valence-corrected chi connectivity index (χ3v) is 5.47. The molecule has 0 spiro atoms. The number of nitrogens with one attached hydrogen (secondary N) is 2. The fraction of sp³-hybridized carbons (Fsp3) is 0.500. The molecule has 0 aromatic heterocycles. The summed E-state index contributed by atoms with van der Waals surface area (Å²) in [6.45, 7) is 2.04. The topological polar surface area (TPSA) is 78.5 Å². The van der Waals surface area contributed by atoms with E-state index in [1.165, 1.54) is 11.0 Å². The van der Waals surface area contributed by atoms with Crippen LogP contribution in [0.5, 0.6) is 0 Å². The number of amides is 3. The van der Waals surface area contributed by atoms with E-state index in [2.05, 4.69) is 10.6 Å². The summed E-state index contributed by atoms with van der Waals surface area (Å²) in [6, 6.07) is 2.44. The second-order valence-electron chi connectivity index (χ2n) is 6.91. The van der Waals surface area contributed by atoms with Gasteiger partial charge in [0.2, 0.25) is 11.8 Å². The number of hydrogen-bond acceptors (Lipinski definition) is 4. The quantitative estimate of drug-likeness (QED) is 0.786. The Morgan fingerprint density at radius 1 is 1.08 bits per heavy atom. The summed E-state index contributed by atoms with van der Waals surface area (Å²) in [5.74, 6) is -1.48. The van der Waals surface area contributed by atoms with Gasteiger partial charge in [-0.2, -0.15) is 0 Å². The van der Waals surface area contributed by atoms with Gasteiger partial charge in [0.1, 0.15) is 11.9 Å². The Balaban J connectivity index is 1.67. The summed E-state index contributed by atoms with van der Waals surface area (Å²) in [7, 11) is 0. The molecule has 0 bridgehead atoms. The van der Waals surface area contributed by atoms with Gasteiger partial charge in [-0.25, -0.2) is 4.39 Å². The van der Waals surface area contributed by atoms with E-state index < -0.39 is 23.7 Å². The molecular formula is C18H20FN3O3. The smallest absolute Gasteiger partial charge is 0.258 e. The minimum atomic E-state index is -0.710. The molecule has 0 aliphatic carbocycles. The molecule has 132 valence electrons. The van der Waals surface area contributed by atoms with Crippen LogP contribution in [-0.2, 0) is 16.1 Å². The highest BCUT2D eigenvalue weighted by Crippen LogP contribution is 2.37. The average molecular weight is 345 g/mol. The summed E-state index contributed by atoms with van der Waals surface area (Å²) in [4.78, 5) is 37.7. The number of halogens is 1. The van der Waals surface area contributed by atoms with Crippen molar-refractivity contribution in [2.24, 2.45) is 0 Å².